The van der Waals surface area contributed by atoms with Crippen LogP contribution < -0.4 is 9.73 Å². The number of nitrogens with zero attached hydrogens (tertiary/aromatic N) is 2. The fraction of sp³-hybridized carbons (Fsp3) is 0.0526. The molecule has 2 aromatic carbocycles. The van der Waals surface area contributed by atoms with E-state index in [1.54, 1.807) is 48.5 Å². The minimum Gasteiger partial charge on any atom is -0.271 e. The van der Waals surface area contributed by atoms with Gasteiger partial charge < -0.3 is 0 Å². The summed E-state index contributed by atoms with van der Waals surface area (Å²) in [6, 6.07) is 20.2. The summed E-state index contributed by atoms with van der Waals surface area (Å²) in [5.74, 6) is -0.536. The van der Waals surface area contributed by atoms with Crippen LogP contribution in [0.4, 0.5) is 5.69 Å². The van der Waals surface area contributed by atoms with Gasteiger partial charge in [0.25, 0.3) is 15.9 Å². The summed E-state index contributed by atoms with van der Waals surface area (Å²) in [6.45, 7) is -0.386. The van der Waals surface area contributed by atoms with Crippen LogP contribution in [0, 0.1) is 0 Å². The zero-order valence-electron chi connectivity index (χ0n) is 14.2. The average Bonchev–Trinajstić information content (AvgIpc) is 3.21. The van der Waals surface area contributed by atoms with Gasteiger partial charge in [-0.2, -0.15) is 5.10 Å². The molecule has 8 heteroatoms. The van der Waals surface area contributed by atoms with E-state index in [0.29, 0.717) is 5.69 Å². The average molecular weight is 399 g/mol. The van der Waals surface area contributed by atoms with Crippen molar-refractivity contribution in [3.63, 3.8) is 0 Å². The molecule has 0 saturated heterocycles. The van der Waals surface area contributed by atoms with Gasteiger partial charge in [-0.05, 0) is 35.7 Å². The monoisotopic (exact) mass is 399 g/mol. The van der Waals surface area contributed by atoms with E-state index in [0.717, 1.165) is 9.18 Å². The molecule has 6 nitrogen and oxygen atoms in total. The molecule has 1 heterocycles. The maximum absolute atomic E-state index is 13.0. The lowest BCUT2D eigenvalue weighted by molar-refractivity contribution is -0.119. The minimum absolute atomic E-state index is 0.115. The number of hydrogen-bond donors (Lipinski definition) is 1. The molecular formula is C19H17N3O3S2. The van der Waals surface area contributed by atoms with Crippen molar-refractivity contribution in [3.05, 3.63) is 83.1 Å². The van der Waals surface area contributed by atoms with Gasteiger partial charge in [-0.15, -0.1) is 11.3 Å². The number of sulfonamides is 1. The number of benzene rings is 2. The first-order valence-electron chi connectivity index (χ1n) is 8.05. The Kier molecular flexibility index (Phi) is 6.00. The fourth-order valence-corrected chi connectivity index (χ4v) is 4.35. The lowest BCUT2D eigenvalue weighted by Gasteiger charge is -2.23. The molecule has 0 fully saturated rings. The summed E-state index contributed by atoms with van der Waals surface area (Å²) >= 11 is 1.48. The van der Waals surface area contributed by atoms with Gasteiger partial charge in [-0.3, -0.25) is 9.10 Å². The van der Waals surface area contributed by atoms with Gasteiger partial charge >= 0.3 is 0 Å². The van der Waals surface area contributed by atoms with Crippen molar-refractivity contribution in [2.75, 3.05) is 10.8 Å². The van der Waals surface area contributed by atoms with Crippen molar-refractivity contribution in [3.8, 4) is 0 Å². The van der Waals surface area contributed by atoms with Gasteiger partial charge in [-0.1, -0.05) is 42.5 Å². The molecule has 0 saturated carbocycles. The van der Waals surface area contributed by atoms with Crippen molar-refractivity contribution >= 4 is 39.2 Å². The molecule has 0 radical (unpaired) electrons. The van der Waals surface area contributed by atoms with Crippen LogP contribution in [-0.4, -0.2) is 27.1 Å². The number of thiophene rings is 1. The SMILES string of the molecule is O=C(CN(c1ccccc1)S(=O)(=O)c1ccccc1)NN=Cc1cccs1. The van der Waals surface area contributed by atoms with Crippen LogP contribution in [0.25, 0.3) is 0 Å². The first-order valence-corrected chi connectivity index (χ1v) is 10.4. The maximum Gasteiger partial charge on any atom is 0.264 e. The summed E-state index contributed by atoms with van der Waals surface area (Å²) in [6.07, 6.45) is 1.51. The Morgan fingerprint density at radius 1 is 1.00 bits per heavy atom. The van der Waals surface area contributed by atoms with Crippen LogP contribution in [0.3, 0.4) is 0 Å². The molecule has 1 amide bonds. The molecule has 0 bridgehead atoms. The van der Waals surface area contributed by atoms with E-state index in [2.05, 4.69) is 10.5 Å². The molecule has 0 atom stereocenters. The highest BCUT2D eigenvalue weighted by Gasteiger charge is 2.26. The predicted octanol–water partition coefficient (Wildman–Crippen LogP) is 3.09. The smallest absolute Gasteiger partial charge is 0.264 e. The number of anilines is 1. The number of carbonyl (C=O) groups is 1. The van der Waals surface area contributed by atoms with Gasteiger partial charge in [0.1, 0.15) is 6.54 Å². The molecular weight excluding hydrogens is 382 g/mol. The quantitative estimate of drug-likeness (QED) is 0.490. The largest absolute Gasteiger partial charge is 0.271 e. The van der Waals surface area contributed by atoms with Crippen LogP contribution in [0.2, 0.25) is 0 Å². The van der Waals surface area contributed by atoms with E-state index in [4.69, 9.17) is 0 Å². The second-order valence-electron chi connectivity index (χ2n) is 5.47. The third kappa shape index (κ3) is 4.81. The number of nitrogens with one attached hydrogen (secondary N) is 1. The third-order valence-electron chi connectivity index (χ3n) is 3.59. The van der Waals surface area contributed by atoms with Crippen molar-refractivity contribution in [1.29, 1.82) is 0 Å². The summed E-state index contributed by atoms with van der Waals surface area (Å²) in [5.41, 5.74) is 2.78. The summed E-state index contributed by atoms with van der Waals surface area (Å²) < 4.78 is 27.1. The lowest BCUT2D eigenvalue weighted by Crippen LogP contribution is -2.39. The number of carbonyl (C=O) groups excluding carboxylic acids is 1. The molecule has 0 aliphatic carbocycles. The Labute approximate surface area is 161 Å². The van der Waals surface area contributed by atoms with Gasteiger partial charge in [0, 0.05) is 4.88 Å². The van der Waals surface area contributed by atoms with Gasteiger partial charge in [0.15, 0.2) is 0 Å². The van der Waals surface area contributed by atoms with Gasteiger partial charge in [-0.25, -0.2) is 13.8 Å². The Hall–Kier alpha value is -2.97. The number of hydrogen-bond acceptors (Lipinski definition) is 5. The molecule has 1 N–H and O–H groups in total. The van der Waals surface area contributed by atoms with Gasteiger partial charge in [0.2, 0.25) is 0 Å². The first-order chi connectivity index (χ1) is 13.1. The molecule has 0 unspecified atom stereocenters. The van der Waals surface area contributed by atoms with Crippen molar-refractivity contribution in [1.82, 2.24) is 5.43 Å². The van der Waals surface area contributed by atoms with Crippen LogP contribution in [0.15, 0.2) is 88.2 Å². The van der Waals surface area contributed by atoms with E-state index in [1.165, 1.54) is 29.7 Å². The van der Waals surface area contributed by atoms with E-state index < -0.39 is 15.9 Å². The Balaban J connectivity index is 1.82. The minimum atomic E-state index is -3.89. The Bertz CT molecular complexity index is 1000. The van der Waals surface area contributed by atoms with Crippen LogP contribution in [0.1, 0.15) is 4.88 Å². The molecule has 0 aliphatic rings. The van der Waals surface area contributed by atoms with Gasteiger partial charge in [0.05, 0.1) is 16.8 Å². The summed E-state index contributed by atoms with van der Waals surface area (Å²) in [5, 5.41) is 5.78. The number of para-hydroxylation sites is 1. The highest BCUT2D eigenvalue weighted by atomic mass is 32.2. The number of rotatable bonds is 7. The van der Waals surface area contributed by atoms with Crippen molar-refractivity contribution in [2.24, 2.45) is 5.10 Å². The first kappa shape index (κ1) is 18.8. The number of hydrazone groups is 1. The van der Waals surface area contributed by atoms with E-state index in [1.807, 2.05) is 17.5 Å². The van der Waals surface area contributed by atoms with Crippen LogP contribution >= 0.6 is 11.3 Å². The summed E-state index contributed by atoms with van der Waals surface area (Å²) in [4.78, 5) is 13.3. The molecule has 0 spiro atoms. The van der Waals surface area contributed by atoms with Crippen molar-refractivity contribution in [2.45, 2.75) is 4.90 Å². The zero-order chi connectivity index (χ0) is 19.1. The fourth-order valence-electron chi connectivity index (χ4n) is 2.33. The predicted molar refractivity (Wildman–Crippen MR) is 107 cm³/mol. The van der Waals surface area contributed by atoms with E-state index in [9.17, 15) is 13.2 Å². The third-order valence-corrected chi connectivity index (χ3v) is 6.18. The topological polar surface area (TPSA) is 78.8 Å². The Morgan fingerprint density at radius 2 is 1.67 bits per heavy atom. The lowest BCUT2D eigenvalue weighted by atomic mass is 10.3. The molecule has 27 heavy (non-hydrogen) atoms. The number of amides is 1. The normalized spacial score (nSPS) is 11.4. The highest BCUT2D eigenvalue weighted by molar-refractivity contribution is 7.92. The van der Waals surface area contributed by atoms with E-state index in [-0.39, 0.29) is 11.4 Å². The van der Waals surface area contributed by atoms with Crippen LogP contribution in [-0.2, 0) is 14.8 Å². The van der Waals surface area contributed by atoms with E-state index >= 15 is 0 Å². The molecule has 3 rings (SSSR count). The van der Waals surface area contributed by atoms with Crippen molar-refractivity contribution < 1.29 is 13.2 Å². The second-order valence-corrected chi connectivity index (χ2v) is 8.31. The Morgan fingerprint density at radius 3 is 2.30 bits per heavy atom. The summed E-state index contributed by atoms with van der Waals surface area (Å²) in [7, 11) is -3.89. The molecule has 138 valence electrons. The standard InChI is InChI=1S/C19H17N3O3S2/c23-19(21-20-14-17-10-7-13-26-17)15-22(16-8-3-1-4-9-16)27(24,25)18-11-5-2-6-12-18/h1-14H,15H2,(H,21,23). The second kappa shape index (κ2) is 8.61. The van der Waals surface area contributed by atoms with Crippen LogP contribution in [0.5, 0.6) is 0 Å². The molecule has 3 aromatic rings. The molecule has 1 aromatic heterocycles. The maximum atomic E-state index is 13.0. The zero-order valence-corrected chi connectivity index (χ0v) is 15.9. The highest BCUT2D eigenvalue weighted by Crippen LogP contribution is 2.23. The molecule has 0 aliphatic heterocycles.